The number of carboxylic acid groups (broad SMARTS) is 1. The summed E-state index contributed by atoms with van der Waals surface area (Å²) in [5.74, 6) is -0.677. The molecule has 6 nitrogen and oxygen atoms in total. The van der Waals surface area contributed by atoms with Crippen LogP contribution in [0.2, 0.25) is 5.02 Å². The number of carbonyl (C=O) groups is 2. The highest BCUT2D eigenvalue weighted by molar-refractivity contribution is 6.30. The lowest BCUT2D eigenvalue weighted by molar-refractivity contribution is -0.139. The molecule has 0 aromatic heterocycles. The maximum Gasteiger partial charge on any atom is 0.341 e. The summed E-state index contributed by atoms with van der Waals surface area (Å²) in [6.45, 7) is 2.07. The Hall–Kier alpha value is -2.73. The fourth-order valence-electron chi connectivity index (χ4n) is 2.37. The van der Waals surface area contributed by atoms with Gasteiger partial charge in [-0.05, 0) is 42.8 Å². The Bertz CT molecular complexity index is 793. The van der Waals surface area contributed by atoms with Crippen molar-refractivity contribution in [3.8, 4) is 11.5 Å². The number of hydrogen-bond acceptors (Lipinski definition) is 4. The molecule has 0 heterocycles. The molecular formula is C19H20ClNO5. The van der Waals surface area contributed by atoms with Crippen molar-refractivity contribution in [3.05, 3.63) is 58.6 Å². The SMILES string of the molecule is CCOc1cc(C(=O)N(C)Cc2cccc(Cl)c2)ccc1OCC(=O)O. The molecule has 2 aromatic carbocycles. The van der Waals surface area contributed by atoms with Gasteiger partial charge in [0.25, 0.3) is 5.91 Å². The summed E-state index contributed by atoms with van der Waals surface area (Å²) >= 11 is 5.97. The van der Waals surface area contributed by atoms with Crippen molar-refractivity contribution in [1.29, 1.82) is 0 Å². The van der Waals surface area contributed by atoms with Crippen molar-refractivity contribution in [3.63, 3.8) is 0 Å². The highest BCUT2D eigenvalue weighted by atomic mass is 35.5. The third-order valence-corrected chi connectivity index (χ3v) is 3.73. The van der Waals surface area contributed by atoms with Crippen LogP contribution in [0.25, 0.3) is 0 Å². The zero-order valence-electron chi connectivity index (χ0n) is 14.6. The van der Waals surface area contributed by atoms with E-state index in [0.29, 0.717) is 29.5 Å². The largest absolute Gasteiger partial charge is 0.490 e. The number of nitrogens with zero attached hydrogens (tertiary/aromatic N) is 1. The summed E-state index contributed by atoms with van der Waals surface area (Å²) in [5, 5.41) is 9.35. The number of ether oxygens (including phenoxy) is 2. The summed E-state index contributed by atoms with van der Waals surface area (Å²) in [6.07, 6.45) is 0. The van der Waals surface area contributed by atoms with Crippen molar-refractivity contribution in [2.75, 3.05) is 20.3 Å². The van der Waals surface area contributed by atoms with Crippen molar-refractivity contribution in [2.45, 2.75) is 13.5 Å². The van der Waals surface area contributed by atoms with E-state index in [4.69, 9.17) is 26.2 Å². The number of benzene rings is 2. The molecule has 2 rings (SSSR count). The van der Waals surface area contributed by atoms with Crippen LogP contribution >= 0.6 is 11.6 Å². The van der Waals surface area contributed by atoms with Crippen LogP contribution in [0.5, 0.6) is 11.5 Å². The summed E-state index contributed by atoms with van der Waals surface area (Å²) in [6, 6.07) is 12.0. The topological polar surface area (TPSA) is 76.1 Å². The Morgan fingerprint density at radius 2 is 1.88 bits per heavy atom. The van der Waals surface area contributed by atoms with E-state index in [9.17, 15) is 9.59 Å². The van der Waals surface area contributed by atoms with Crippen molar-refractivity contribution >= 4 is 23.5 Å². The molecule has 0 aliphatic rings. The maximum atomic E-state index is 12.7. The van der Waals surface area contributed by atoms with Gasteiger partial charge >= 0.3 is 5.97 Å². The fraction of sp³-hybridized carbons (Fsp3) is 0.263. The molecule has 2 aromatic rings. The molecular weight excluding hydrogens is 358 g/mol. The van der Waals surface area contributed by atoms with Crippen LogP contribution in [0, 0.1) is 0 Å². The average molecular weight is 378 g/mol. The molecule has 26 heavy (non-hydrogen) atoms. The van der Waals surface area contributed by atoms with Gasteiger partial charge in [-0.25, -0.2) is 4.79 Å². The monoisotopic (exact) mass is 377 g/mol. The minimum absolute atomic E-state index is 0.198. The normalized spacial score (nSPS) is 10.3. The van der Waals surface area contributed by atoms with Gasteiger partial charge in [0.05, 0.1) is 6.61 Å². The van der Waals surface area contributed by atoms with E-state index in [1.807, 2.05) is 12.1 Å². The van der Waals surface area contributed by atoms with E-state index in [1.165, 1.54) is 6.07 Å². The molecule has 7 heteroatoms. The standard InChI is InChI=1S/C19H20ClNO5/c1-3-25-17-10-14(7-8-16(17)26-12-18(22)23)19(24)21(2)11-13-5-4-6-15(20)9-13/h4-10H,3,11-12H2,1-2H3,(H,22,23). The first kappa shape index (κ1) is 19.6. The Balaban J connectivity index is 2.16. The van der Waals surface area contributed by atoms with E-state index in [-0.39, 0.29) is 11.7 Å². The number of amides is 1. The molecule has 0 aliphatic carbocycles. The first-order valence-corrected chi connectivity index (χ1v) is 8.40. The molecule has 1 amide bonds. The average Bonchev–Trinajstić information content (AvgIpc) is 2.60. The lowest BCUT2D eigenvalue weighted by Gasteiger charge is -2.19. The first-order chi connectivity index (χ1) is 12.4. The van der Waals surface area contributed by atoms with E-state index in [2.05, 4.69) is 0 Å². The molecule has 0 fully saturated rings. The van der Waals surface area contributed by atoms with E-state index >= 15 is 0 Å². The highest BCUT2D eigenvalue weighted by Crippen LogP contribution is 2.29. The highest BCUT2D eigenvalue weighted by Gasteiger charge is 2.16. The molecule has 0 saturated carbocycles. The molecule has 0 spiro atoms. The lowest BCUT2D eigenvalue weighted by Crippen LogP contribution is -2.26. The van der Waals surface area contributed by atoms with Crippen LogP contribution in [0.1, 0.15) is 22.8 Å². The predicted octanol–water partition coefficient (Wildman–Crippen LogP) is 3.47. The van der Waals surface area contributed by atoms with Gasteiger partial charge in [0.1, 0.15) is 0 Å². The summed E-state index contributed by atoms with van der Waals surface area (Å²) in [7, 11) is 1.69. The van der Waals surface area contributed by atoms with Gasteiger partial charge in [-0.2, -0.15) is 0 Å². The lowest BCUT2D eigenvalue weighted by atomic mass is 10.1. The van der Waals surface area contributed by atoms with Crippen LogP contribution < -0.4 is 9.47 Å². The second kappa shape index (κ2) is 9.10. The van der Waals surface area contributed by atoms with E-state index in [0.717, 1.165) is 5.56 Å². The molecule has 0 aliphatic heterocycles. The molecule has 1 N–H and O–H groups in total. The minimum atomic E-state index is -1.09. The summed E-state index contributed by atoms with van der Waals surface area (Å²) < 4.78 is 10.7. The number of rotatable bonds is 8. The van der Waals surface area contributed by atoms with Gasteiger partial charge in [-0.15, -0.1) is 0 Å². The number of aliphatic carboxylic acids is 1. The van der Waals surface area contributed by atoms with E-state index in [1.54, 1.807) is 43.1 Å². The van der Waals surface area contributed by atoms with E-state index < -0.39 is 12.6 Å². The zero-order chi connectivity index (χ0) is 19.1. The molecule has 0 radical (unpaired) electrons. The van der Waals surface area contributed by atoms with Gasteiger partial charge in [0.2, 0.25) is 0 Å². The molecule has 138 valence electrons. The van der Waals surface area contributed by atoms with Crippen molar-refractivity contribution in [2.24, 2.45) is 0 Å². The molecule has 0 unspecified atom stereocenters. The quantitative estimate of drug-likeness (QED) is 0.762. The van der Waals surface area contributed by atoms with Crippen LogP contribution in [0.3, 0.4) is 0 Å². The smallest absolute Gasteiger partial charge is 0.341 e. The Labute approximate surface area is 156 Å². The van der Waals surface area contributed by atoms with Gasteiger partial charge in [-0.3, -0.25) is 4.79 Å². The Kier molecular flexibility index (Phi) is 6.86. The van der Waals surface area contributed by atoms with Gasteiger partial charge in [0, 0.05) is 24.2 Å². The predicted molar refractivity (Wildman–Crippen MR) is 98.0 cm³/mol. The number of carbonyl (C=O) groups excluding carboxylic acids is 1. The number of halogens is 1. The first-order valence-electron chi connectivity index (χ1n) is 8.02. The Morgan fingerprint density at radius 3 is 2.54 bits per heavy atom. The molecule has 0 bridgehead atoms. The van der Waals surface area contributed by atoms with Crippen LogP contribution in [0.15, 0.2) is 42.5 Å². The minimum Gasteiger partial charge on any atom is -0.490 e. The number of hydrogen-bond donors (Lipinski definition) is 1. The summed E-state index contributed by atoms with van der Waals surface area (Å²) in [4.78, 5) is 24.9. The van der Waals surface area contributed by atoms with Gasteiger partial charge in [0.15, 0.2) is 18.1 Å². The van der Waals surface area contributed by atoms with Crippen molar-refractivity contribution in [1.82, 2.24) is 4.90 Å². The third-order valence-electron chi connectivity index (χ3n) is 3.50. The Morgan fingerprint density at radius 1 is 1.12 bits per heavy atom. The van der Waals surface area contributed by atoms with Crippen molar-refractivity contribution < 1.29 is 24.2 Å². The summed E-state index contributed by atoms with van der Waals surface area (Å²) in [5.41, 5.74) is 1.33. The fourth-order valence-corrected chi connectivity index (χ4v) is 2.58. The molecule has 0 atom stereocenters. The second-order valence-electron chi connectivity index (χ2n) is 5.57. The maximum absolute atomic E-state index is 12.7. The van der Waals surface area contributed by atoms with Crippen LogP contribution in [-0.4, -0.2) is 42.1 Å². The van der Waals surface area contributed by atoms with Crippen LogP contribution in [-0.2, 0) is 11.3 Å². The third kappa shape index (κ3) is 5.39. The zero-order valence-corrected chi connectivity index (χ0v) is 15.3. The van der Waals surface area contributed by atoms with Gasteiger partial charge < -0.3 is 19.5 Å². The second-order valence-corrected chi connectivity index (χ2v) is 6.00. The van der Waals surface area contributed by atoms with Crippen LogP contribution in [0.4, 0.5) is 0 Å². The van der Waals surface area contributed by atoms with Gasteiger partial charge in [-0.1, -0.05) is 23.7 Å². The number of carboxylic acids is 1. The molecule has 0 saturated heterocycles.